The first-order chi connectivity index (χ1) is 14.2. The summed E-state index contributed by atoms with van der Waals surface area (Å²) >= 11 is 0. The van der Waals surface area contributed by atoms with E-state index in [1.165, 1.54) is 64.2 Å². The van der Waals surface area contributed by atoms with Crippen LogP contribution in [0, 0.1) is 0 Å². The van der Waals surface area contributed by atoms with Crippen LogP contribution in [-0.2, 0) is 9.59 Å². The first-order valence-corrected chi connectivity index (χ1v) is 12.7. The van der Waals surface area contributed by atoms with Crippen molar-refractivity contribution >= 4 is 11.8 Å². The smallest absolute Gasteiger partial charge is 0.219 e. The maximum Gasteiger partial charge on any atom is 0.219 e. The molecule has 0 heterocycles. The molecule has 0 aliphatic rings. The molecule has 4 heteroatoms. The molecule has 0 aromatic carbocycles. The summed E-state index contributed by atoms with van der Waals surface area (Å²) in [6.45, 7) is 6.13. The van der Waals surface area contributed by atoms with Gasteiger partial charge in [-0.05, 0) is 25.7 Å². The van der Waals surface area contributed by atoms with E-state index in [0.717, 1.165) is 58.0 Å². The molecule has 0 aromatic heterocycles. The van der Waals surface area contributed by atoms with E-state index in [1.807, 2.05) is 0 Å². The summed E-state index contributed by atoms with van der Waals surface area (Å²) in [5, 5.41) is 6.07. The van der Waals surface area contributed by atoms with Gasteiger partial charge in [-0.3, -0.25) is 9.59 Å². The van der Waals surface area contributed by atoms with Crippen LogP contribution in [0.25, 0.3) is 0 Å². The fourth-order valence-electron chi connectivity index (χ4n) is 3.54. The van der Waals surface area contributed by atoms with Crippen molar-refractivity contribution in [2.75, 3.05) is 13.1 Å². The van der Waals surface area contributed by atoms with Gasteiger partial charge in [-0.15, -0.1) is 0 Å². The number of unbranched alkanes of at least 4 members (excludes halogenated alkanes) is 14. The van der Waals surface area contributed by atoms with E-state index in [-0.39, 0.29) is 11.8 Å². The Bertz CT molecular complexity index is 338. The highest BCUT2D eigenvalue weighted by Crippen LogP contribution is 2.08. The zero-order chi connectivity index (χ0) is 21.4. The van der Waals surface area contributed by atoms with Crippen molar-refractivity contribution in [2.45, 2.75) is 136 Å². The molecular formula is C25H50N2O2. The van der Waals surface area contributed by atoms with Crippen molar-refractivity contribution in [3.05, 3.63) is 0 Å². The molecule has 0 unspecified atom stereocenters. The Hall–Kier alpha value is -1.06. The largest absolute Gasteiger partial charge is 0.356 e. The van der Waals surface area contributed by atoms with E-state index in [0.29, 0.717) is 12.8 Å². The first-order valence-electron chi connectivity index (χ1n) is 12.7. The van der Waals surface area contributed by atoms with Crippen LogP contribution in [0.15, 0.2) is 0 Å². The van der Waals surface area contributed by atoms with Crippen LogP contribution in [0.1, 0.15) is 136 Å². The molecule has 0 atom stereocenters. The summed E-state index contributed by atoms with van der Waals surface area (Å²) in [6.07, 6.45) is 21.6. The third-order valence-electron chi connectivity index (χ3n) is 5.51. The number of hydrogen-bond acceptors (Lipinski definition) is 2. The van der Waals surface area contributed by atoms with Gasteiger partial charge in [0.2, 0.25) is 11.8 Å². The Balaban J connectivity index is 3.27. The summed E-state index contributed by atoms with van der Waals surface area (Å²) in [5.74, 6) is 0.403. The summed E-state index contributed by atoms with van der Waals surface area (Å²) < 4.78 is 0. The van der Waals surface area contributed by atoms with Gasteiger partial charge in [0.1, 0.15) is 0 Å². The molecule has 0 bridgehead atoms. The second kappa shape index (κ2) is 23.2. The quantitative estimate of drug-likeness (QED) is 0.196. The molecule has 4 nitrogen and oxygen atoms in total. The van der Waals surface area contributed by atoms with Gasteiger partial charge < -0.3 is 10.6 Å². The summed E-state index contributed by atoms with van der Waals surface area (Å²) in [7, 11) is 0. The minimum Gasteiger partial charge on any atom is -0.356 e. The molecule has 172 valence electrons. The van der Waals surface area contributed by atoms with Crippen molar-refractivity contribution < 1.29 is 9.59 Å². The van der Waals surface area contributed by atoms with Crippen LogP contribution in [-0.4, -0.2) is 24.9 Å². The lowest BCUT2D eigenvalue weighted by molar-refractivity contribution is -0.121. The zero-order valence-electron chi connectivity index (χ0n) is 19.7. The van der Waals surface area contributed by atoms with Gasteiger partial charge in [-0.25, -0.2) is 0 Å². The highest BCUT2D eigenvalue weighted by atomic mass is 16.2. The minimum atomic E-state index is 0.202. The predicted octanol–water partition coefficient (Wildman–Crippen LogP) is 6.67. The van der Waals surface area contributed by atoms with Crippen LogP contribution in [0.5, 0.6) is 0 Å². The highest BCUT2D eigenvalue weighted by Gasteiger charge is 2.02. The molecule has 0 rings (SSSR count). The van der Waals surface area contributed by atoms with Gasteiger partial charge >= 0.3 is 0 Å². The molecule has 29 heavy (non-hydrogen) atoms. The van der Waals surface area contributed by atoms with Crippen LogP contribution in [0.2, 0.25) is 0 Å². The van der Waals surface area contributed by atoms with Gasteiger partial charge in [0.05, 0.1) is 0 Å². The van der Waals surface area contributed by atoms with E-state index < -0.39 is 0 Å². The van der Waals surface area contributed by atoms with E-state index in [1.54, 1.807) is 0 Å². The molecule has 0 radical (unpaired) electrons. The second-order valence-electron chi connectivity index (χ2n) is 8.50. The van der Waals surface area contributed by atoms with Crippen molar-refractivity contribution in [2.24, 2.45) is 0 Å². The lowest BCUT2D eigenvalue weighted by Crippen LogP contribution is -2.24. The van der Waals surface area contributed by atoms with Crippen LogP contribution >= 0.6 is 0 Å². The molecule has 0 aliphatic heterocycles. The highest BCUT2D eigenvalue weighted by molar-refractivity contribution is 5.76. The van der Waals surface area contributed by atoms with Gasteiger partial charge in [-0.2, -0.15) is 0 Å². The topological polar surface area (TPSA) is 58.2 Å². The minimum absolute atomic E-state index is 0.202. The Morgan fingerprint density at radius 1 is 0.448 bits per heavy atom. The van der Waals surface area contributed by atoms with Gasteiger partial charge in [-0.1, -0.05) is 97.3 Å². The molecular weight excluding hydrogens is 360 g/mol. The van der Waals surface area contributed by atoms with Crippen molar-refractivity contribution in [1.29, 1.82) is 0 Å². The number of carbonyl (C=O) groups is 2. The summed E-state index contributed by atoms with van der Waals surface area (Å²) in [4.78, 5) is 23.6. The third kappa shape index (κ3) is 23.1. The lowest BCUT2D eigenvalue weighted by Gasteiger charge is -2.06. The van der Waals surface area contributed by atoms with Crippen molar-refractivity contribution in [1.82, 2.24) is 10.6 Å². The van der Waals surface area contributed by atoms with Crippen LogP contribution in [0.3, 0.4) is 0 Å². The maximum atomic E-state index is 11.8. The molecule has 0 fully saturated rings. The van der Waals surface area contributed by atoms with Crippen LogP contribution in [0.4, 0.5) is 0 Å². The average Bonchev–Trinajstić information content (AvgIpc) is 2.71. The standard InChI is InChI=1S/C25H50N2O2/c1-3-5-7-9-14-18-22-26-24(28)20-16-12-11-13-17-21-25(29)27-23-19-15-10-8-6-4-2/h3-23H2,1-2H3,(H,26,28)(H,27,29). The zero-order valence-corrected chi connectivity index (χ0v) is 19.7. The molecule has 2 N–H and O–H groups in total. The Labute approximate surface area is 181 Å². The van der Waals surface area contributed by atoms with E-state index in [4.69, 9.17) is 0 Å². The second-order valence-corrected chi connectivity index (χ2v) is 8.50. The van der Waals surface area contributed by atoms with Crippen LogP contribution < -0.4 is 10.6 Å². The van der Waals surface area contributed by atoms with E-state index in [9.17, 15) is 9.59 Å². The summed E-state index contributed by atoms with van der Waals surface area (Å²) in [5.41, 5.74) is 0. The number of hydrogen-bond donors (Lipinski definition) is 2. The molecule has 2 amide bonds. The van der Waals surface area contributed by atoms with E-state index in [2.05, 4.69) is 24.5 Å². The third-order valence-corrected chi connectivity index (χ3v) is 5.51. The number of carbonyl (C=O) groups excluding carboxylic acids is 2. The summed E-state index contributed by atoms with van der Waals surface area (Å²) in [6, 6.07) is 0. The lowest BCUT2D eigenvalue weighted by atomic mass is 10.1. The predicted molar refractivity (Wildman–Crippen MR) is 125 cm³/mol. The molecule has 0 spiro atoms. The first kappa shape index (κ1) is 27.9. The Morgan fingerprint density at radius 3 is 1.14 bits per heavy atom. The number of rotatable bonds is 22. The molecule has 0 aromatic rings. The number of nitrogens with one attached hydrogen (secondary N) is 2. The normalized spacial score (nSPS) is 10.8. The number of amides is 2. The van der Waals surface area contributed by atoms with Gasteiger partial charge in [0.15, 0.2) is 0 Å². The monoisotopic (exact) mass is 410 g/mol. The van der Waals surface area contributed by atoms with E-state index >= 15 is 0 Å². The van der Waals surface area contributed by atoms with Gasteiger partial charge in [0, 0.05) is 25.9 Å². The Morgan fingerprint density at radius 2 is 0.759 bits per heavy atom. The SMILES string of the molecule is CCCCCCCCNC(=O)CCCCCCCC(=O)NCCCCCCCC. The molecule has 0 aliphatic carbocycles. The maximum absolute atomic E-state index is 11.8. The van der Waals surface area contributed by atoms with Crippen molar-refractivity contribution in [3.8, 4) is 0 Å². The molecule has 0 saturated heterocycles. The molecule has 0 saturated carbocycles. The average molecular weight is 411 g/mol. The fourth-order valence-corrected chi connectivity index (χ4v) is 3.54. The fraction of sp³-hybridized carbons (Fsp3) is 0.920. The van der Waals surface area contributed by atoms with Gasteiger partial charge in [0.25, 0.3) is 0 Å². The van der Waals surface area contributed by atoms with Crippen molar-refractivity contribution in [3.63, 3.8) is 0 Å². The Kier molecular flexibility index (Phi) is 22.4.